The maximum Gasteiger partial charge on any atom is 0.239 e. The molecule has 1 atom stereocenters. The Morgan fingerprint density at radius 3 is 2.67 bits per heavy atom. The Balaban J connectivity index is 1.23. The molecule has 6 nitrogen and oxygen atoms in total. The van der Waals surface area contributed by atoms with Crippen molar-refractivity contribution >= 4 is 39.0 Å². The van der Waals surface area contributed by atoms with Crippen molar-refractivity contribution in [2.75, 3.05) is 38.0 Å². The molecule has 1 saturated heterocycles. The van der Waals surface area contributed by atoms with Crippen molar-refractivity contribution in [3.05, 3.63) is 33.1 Å². The molecule has 8 heteroatoms. The fourth-order valence-corrected chi connectivity index (χ4v) is 5.19. The number of piperazine rings is 1. The van der Waals surface area contributed by atoms with E-state index in [1.807, 2.05) is 10.7 Å². The fraction of sp³-hybridized carbons (Fsp3) is 0.579. The lowest BCUT2D eigenvalue weighted by atomic mass is 10.2. The molecule has 0 spiro atoms. The molecule has 2 aromatic heterocycles. The summed E-state index contributed by atoms with van der Waals surface area (Å²) in [6.45, 7) is 7.48. The topological polar surface area (TPSA) is 53.4 Å². The normalized spacial score (nSPS) is 19.9. The molecule has 27 heavy (non-hydrogen) atoms. The lowest BCUT2D eigenvalue weighted by Crippen LogP contribution is -2.48. The first-order valence-corrected chi connectivity index (χ1v) is 11.2. The van der Waals surface area contributed by atoms with Gasteiger partial charge in [-0.3, -0.25) is 14.6 Å². The summed E-state index contributed by atoms with van der Waals surface area (Å²) in [5.41, 5.74) is 0. The average Bonchev–Trinajstić information content (AvgIpc) is 3.27. The van der Waals surface area contributed by atoms with Crippen molar-refractivity contribution in [2.45, 2.75) is 32.4 Å². The number of hydrogen-bond donors (Lipinski definition) is 1. The van der Waals surface area contributed by atoms with Gasteiger partial charge in [0.1, 0.15) is 5.82 Å². The third-order valence-corrected chi connectivity index (χ3v) is 7.08. The van der Waals surface area contributed by atoms with Gasteiger partial charge in [-0.25, -0.2) is 4.68 Å². The van der Waals surface area contributed by atoms with Gasteiger partial charge in [-0.15, -0.1) is 11.3 Å². The molecular formula is C19H26BrN5OS. The van der Waals surface area contributed by atoms with Gasteiger partial charge >= 0.3 is 0 Å². The van der Waals surface area contributed by atoms with Crippen molar-refractivity contribution in [1.29, 1.82) is 0 Å². The van der Waals surface area contributed by atoms with E-state index in [4.69, 9.17) is 0 Å². The zero-order chi connectivity index (χ0) is 18.8. The first-order valence-electron chi connectivity index (χ1n) is 9.61. The lowest BCUT2D eigenvalue weighted by molar-refractivity contribution is -0.117. The van der Waals surface area contributed by atoms with Crippen LogP contribution in [0, 0.1) is 5.92 Å². The molecule has 146 valence electrons. The SMILES string of the molecule is CC(C1CC1)n1nccc1NC(=O)CN1CCN(Cc2ccc(Br)s2)CC1. The second-order valence-corrected chi connectivity index (χ2v) is 10.1. The molecule has 4 rings (SSSR count). The minimum absolute atomic E-state index is 0.0513. The van der Waals surface area contributed by atoms with Crippen LogP contribution >= 0.6 is 27.3 Å². The van der Waals surface area contributed by atoms with Crippen molar-refractivity contribution in [3.63, 3.8) is 0 Å². The number of carbonyl (C=O) groups is 1. The number of thiophene rings is 1. The van der Waals surface area contributed by atoms with E-state index in [1.165, 1.54) is 21.5 Å². The van der Waals surface area contributed by atoms with Gasteiger partial charge in [0.2, 0.25) is 5.91 Å². The second-order valence-electron chi connectivity index (χ2n) is 7.55. The van der Waals surface area contributed by atoms with E-state index in [0.717, 1.165) is 38.5 Å². The van der Waals surface area contributed by atoms with E-state index in [0.29, 0.717) is 18.5 Å². The van der Waals surface area contributed by atoms with E-state index in [-0.39, 0.29) is 5.91 Å². The predicted molar refractivity (Wildman–Crippen MR) is 112 cm³/mol. The zero-order valence-electron chi connectivity index (χ0n) is 15.6. The molecule has 1 saturated carbocycles. The highest BCUT2D eigenvalue weighted by Gasteiger charge is 2.31. The Morgan fingerprint density at radius 2 is 2.00 bits per heavy atom. The third-order valence-electron chi connectivity index (χ3n) is 5.47. The van der Waals surface area contributed by atoms with Gasteiger partial charge in [0.15, 0.2) is 0 Å². The van der Waals surface area contributed by atoms with Gasteiger partial charge in [-0.2, -0.15) is 5.10 Å². The molecule has 0 bridgehead atoms. The molecule has 1 aliphatic carbocycles. The molecule has 2 fully saturated rings. The van der Waals surface area contributed by atoms with Gasteiger partial charge in [-0.05, 0) is 53.7 Å². The van der Waals surface area contributed by atoms with Gasteiger partial charge in [0.05, 0.1) is 22.6 Å². The highest BCUT2D eigenvalue weighted by Crippen LogP contribution is 2.40. The average molecular weight is 452 g/mol. The molecule has 1 unspecified atom stereocenters. The van der Waals surface area contributed by atoms with Gasteiger partial charge in [0.25, 0.3) is 0 Å². The number of amides is 1. The number of carbonyl (C=O) groups excluding carboxylic acids is 1. The summed E-state index contributed by atoms with van der Waals surface area (Å²) in [4.78, 5) is 18.6. The minimum Gasteiger partial charge on any atom is -0.310 e. The van der Waals surface area contributed by atoms with Crippen molar-refractivity contribution in [2.24, 2.45) is 5.92 Å². The summed E-state index contributed by atoms with van der Waals surface area (Å²) in [5.74, 6) is 1.58. The number of aromatic nitrogens is 2. The smallest absolute Gasteiger partial charge is 0.239 e. The summed E-state index contributed by atoms with van der Waals surface area (Å²) in [6, 6.07) is 6.54. The highest BCUT2D eigenvalue weighted by atomic mass is 79.9. The molecule has 1 N–H and O–H groups in total. The molecule has 1 aliphatic heterocycles. The van der Waals surface area contributed by atoms with E-state index in [9.17, 15) is 4.79 Å². The summed E-state index contributed by atoms with van der Waals surface area (Å²) in [7, 11) is 0. The molecule has 2 aromatic rings. The first-order chi connectivity index (χ1) is 13.1. The monoisotopic (exact) mass is 451 g/mol. The quantitative estimate of drug-likeness (QED) is 0.700. The Bertz CT molecular complexity index is 779. The maximum atomic E-state index is 12.5. The van der Waals surface area contributed by atoms with E-state index >= 15 is 0 Å². The number of hydrogen-bond acceptors (Lipinski definition) is 5. The van der Waals surface area contributed by atoms with Crippen LogP contribution in [-0.2, 0) is 11.3 Å². The highest BCUT2D eigenvalue weighted by molar-refractivity contribution is 9.11. The minimum atomic E-state index is 0.0513. The maximum absolute atomic E-state index is 12.5. The lowest BCUT2D eigenvalue weighted by Gasteiger charge is -2.34. The second kappa shape index (κ2) is 8.43. The summed E-state index contributed by atoms with van der Waals surface area (Å²) < 4.78 is 3.15. The number of anilines is 1. The van der Waals surface area contributed by atoms with E-state index in [2.05, 4.69) is 55.2 Å². The largest absolute Gasteiger partial charge is 0.310 e. The Labute approximate surface area is 172 Å². The van der Waals surface area contributed by atoms with Crippen molar-refractivity contribution < 1.29 is 4.79 Å². The van der Waals surface area contributed by atoms with Crippen LogP contribution in [0.3, 0.4) is 0 Å². The molecule has 2 aliphatic rings. The molecule has 1 amide bonds. The fourth-order valence-electron chi connectivity index (χ4n) is 3.66. The zero-order valence-corrected chi connectivity index (χ0v) is 18.0. The summed E-state index contributed by atoms with van der Waals surface area (Å²) in [5, 5.41) is 7.47. The molecule has 0 aromatic carbocycles. The third kappa shape index (κ3) is 4.99. The van der Waals surface area contributed by atoms with Crippen LogP contribution in [0.1, 0.15) is 30.7 Å². The molecule has 0 radical (unpaired) electrons. The Hall–Kier alpha value is -1.22. The van der Waals surface area contributed by atoms with Crippen LogP contribution < -0.4 is 5.32 Å². The van der Waals surface area contributed by atoms with Crippen LogP contribution in [-0.4, -0.2) is 58.2 Å². The summed E-state index contributed by atoms with van der Waals surface area (Å²) in [6.07, 6.45) is 4.30. The number of nitrogens with one attached hydrogen (secondary N) is 1. The summed E-state index contributed by atoms with van der Waals surface area (Å²) >= 11 is 5.32. The van der Waals surface area contributed by atoms with E-state index < -0.39 is 0 Å². The van der Waals surface area contributed by atoms with Crippen LogP contribution in [0.15, 0.2) is 28.2 Å². The Kier molecular flexibility index (Phi) is 5.96. The predicted octanol–water partition coefficient (Wildman–Crippen LogP) is 3.43. The van der Waals surface area contributed by atoms with Crippen LogP contribution in [0.4, 0.5) is 5.82 Å². The van der Waals surface area contributed by atoms with Gasteiger partial charge < -0.3 is 5.32 Å². The van der Waals surface area contributed by atoms with Crippen LogP contribution in [0.5, 0.6) is 0 Å². The van der Waals surface area contributed by atoms with Crippen LogP contribution in [0.25, 0.3) is 0 Å². The molecular weight excluding hydrogens is 426 g/mol. The Morgan fingerprint density at radius 1 is 1.26 bits per heavy atom. The standard InChI is InChI=1S/C19H26BrN5OS/c1-14(15-2-3-15)25-18(6-7-21-25)22-19(26)13-24-10-8-23(9-11-24)12-16-4-5-17(20)27-16/h4-7,14-15H,2-3,8-13H2,1H3,(H,22,26). The van der Waals surface area contributed by atoms with E-state index in [1.54, 1.807) is 17.5 Å². The van der Waals surface area contributed by atoms with Gasteiger partial charge in [0, 0.05) is 43.7 Å². The van der Waals surface area contributed by atoms with Crippen LogP contribution in [0.2, 0.25) is 0 Å². The first kappa shape index (κ1) is 19.1. The molecule has 3 heterocycles. The number of halogens is 1. The van der Waals surface area contributed by atoms with Crippen molar-refractivity contribution in [3.8, 4) is 0 Å². The van der Waals surface area contributed by atoms with Gasteiger partial charge in [-0.1, -0.05) is 0 Å². The van der Waals surface area contributed by atoms with Crippen molar-refractivity contribution in [1.82, 2.24) is 19.6 Å². The number of nitrogens with zero attached hydrogens (tertiary/aromatic N) is 4. The number of rotatable bonds is 7.